The first-order valence-electron chi connectivity index (χ1n) is 4.80. The van der Waals surface area contributed by atoms with Crippen molar-refractivity contribution in [3.63, 3.8) is 0 Å². The first-order valence-corrected chi connectivity index (χ1v) is 4.80. The molecule has 1 rings (SSSR count). The molecule has 0 radical (unpaired) electrons. The van der Waals surface area contributed by atoms with Gasteiger partial charge in [-0.1, -0.05) is 0 Å². The van der Waals surface area contributed by atoms with Crippen LogP contribution in [-0.4, -0.2) is 29.1 Å². The summed E-state index contributed by atoms with van der Waals surface area (Å²) in [7, 11) is 1.79. The van der Waals surface area contributed by atoms with E-state index in [1.165, 1.54) is 0 Å². The van der Waals surface area contributed by atoms with E-state index in [0.29, 0.717) is 12.8 Å². The molecular formula is C10H21NO2. The number of hydrogen-bond donors (Lipinski definition) is 2. The van der Waals surface area contributed by atoms with Gasteiger partial charge >= 0.3 is 0 Å². The highest BCUT2D eigenvalue weighted by molar-refractivity contribution is 4.95. The van der Waals surface area contributed by atoms with Gasteiger partial charge in [0.1, 0.15) is 5.72 Å². The van der Waals surface area contributed by atoms with Crippen LogP contribution in [0.1, 0.15) is 40.5 Å². The van der Waals surface area contributed by atoms with E-state index >= 15 is 0 Å². The third-order valence-corrected chi connectivity index (χ3v) is 2.45. The van der Waals surface area contributed by atoms with Gasteiger partial charge in [-0.05, 0) is 34.7 Å². The van der Waals surface area contributed by atoms with E-state index in [0.717, 1.165) is 0 Å². The summed E-state index contributed by atoms with van der Waals surface area (Å²) in [5.74, 6) is 0. The molecule has 0 aromatic heterocycles. The summed E-state index contributed by atoms with van der Waals surface area (Å²) in [4.78, 5) is 0. The quantitative estimate of drug-likeness (QED) is 0.607. The van der Waals surface area contributed by atoms with Gasteiger partial charge in [0, 0.05) is 12.8 Å². The number of aliphatic hydroxyl groups is 1. The van der Waals surface area contributed by atoms with E-state index in [-0.39, 0.29) is 11.2 Å². The molecule has 0 aromatic rings. The molecule has 0 spiro atoms. The smallest absolute Gasteiger partial charge is 0.121 e. The van der Waals surface area contributed by atoms with Crippen LogP contribution in [0.15, 0.2) is 0 Å². The van der Waals surface area contributed by atoms with Crippen LogP contribution in [0.25, 0.3) is 0 Å². The van der Waals surface area contributed by atoms with E-state index in [1.54, 1.807) is 7.05 Å². The molecule has 0 atom stereocenters. The average Bonchev–Trinajstić information content (AvgIpc) is 1.79. The minimum atomic E-state index is -0.786. The number of rotatable bonds is 1. The molecule has 13 heavy (non-hydrogen) atoms. The fraction of sp³-hybridized carbons (Fsp3) is 1.00. The molecule has 0 bridgehead atoms. The summed E-state index contributed by atoms with van der Waals surface area (Å²) in [6.45, 7) is 8.04. The summed E-state index contributed by atoms with van der Waals surface area (Å²) in [5.41, 5.74) is -1.32. The largest absolute Gasteiger partial charge is 0.376 e. The molecule has 3 nitrogen and oxygen atoms in total. The molecule has 0 saturated carbocycles. The van der Waals surface area contributed by atoms with Crippen molar-refractivity contribution in [2.45, 2.75) is 57.5 Å². The fourth-order valence-corrected chi connectivity index (χ4v) is 2.47. The Kier molecular flexibility index (Phi) is 2.48. The second-order valence-corrected chi connectivity index (χ2v) is 5.26. The van der Waals surface area contributed by atoms with Crippen LogP contribution in [0, 0.1) is 0 Å². The van der Waals surface area contributed by atoms with Gasteiger partial charge in [0.05, 0.1) is 11.2 Å². The van der Waals surface area contributed by atoms with Gasteiger partial charge in [0.2, 0.25) is 0 Å². The molecule has 1 aliphatic heterocycles. The molecule has 1 fully saturated rings. The van der Waals surface area contributed by atoms with Gasteiger partial charge in [-0.2, -0.15) is 0 Å². The summed E-state index contributed by atoms with van der Waals surface area (Å²) >= 11 is 0. The highest BCUT2D eigenvalue weighted by atomic mass is 16.5. The van der Waals surface area contributed by atoms with Crippen molar-refractivity contribution in [1.82, 2.24) is 5.32 Å². The molecule has 2 N–H and O–H groups in total. The molecule has 0 aliphatic carbocycles. The first kappa shape index (κ1) is 11.0. The van der Waals surface area contributed by atoms with Gasteiger partial charge in [0.15, 0.2) is 0 Å². The summed E-state index contributed by atoms with van der Waals surface area (Å²) < 4.78 is 5.86. The summed E-state index contributed by atoms with van der Waals surface area (Å²) in [6.07, 6.45) is 1.25. The molecule has 1 aliphatic rings. The maximum Gasteiger partial charge on any atom is 0.121 e. The lowest BCUT2D eigenvalue weighted by Gasteiger charge is -2.49. The Morgan fingerprint density at radius 3 is 1.77 bits per heavy atom. The Labute approximate surface area is 80.5 Å². The Bertz CT molecular complexity index is 183. The monoisotopic (exact) mass is 187 g/mol. The molecule has 3 heteroatoms. The zero-order valence-corrected chi connectivity index (χ0v) is 9.27. The Morgan fingerprint density at radius 2 is 1.46 bits per heavy atom. The standard InChI is InChI=1S/C10H21NO2/c1-8(2)6-10(12,11-5)7-9(3,4)13-8/h11-12H,6-7H2,1-5H3. The van der Waals surface area contributed by atoms with Crippen LogP contribution >= 0.6 is 0 Å². The second-order valence-electron chi connectivity index (χ2n) is 5.26. The molecule has 1 heterocycles. The van der Waals surface area contributed by atoms with Crippen LogP contribution in [0.5, 0.6) is 0 Å². The van der Waals surface area contributed by atoms with E-state index in [1.807, 2.05) is 27.7 Å². The van der Waals surface area contributed by atoms with Gasteiger partial charge < -0.3 is 9.84 Å². The van der Waals surface area contributed by atoms with Gasteiger partial charge in [-0.3, -0.25) is 5.32 Å². The van der Waals surface area contributed by atoms with Gasteiger partial charge in [-0.25, -0.2) is 0 Å². The highest BCUT2D eigenvalue weighted by Crippen LogP contribution is 2.39. The van der Waals surface area contributed by atoms with Crippen LogP contribution in [-0.2, 0) is 4.74 Å². The van der Waals surface area contributed by atoms with Gasteiger partial charge in [0.25, 0.3) is 0 Å². The van der Waals surface area contributed by atoms with Crippen LogP contribution < -0.4 is 5.32 Å². The van der Waals surface area contributed by atoms with E-state index < -0.39 is 5.72 Å². The van der Waals surface area contributed by atoms with Crippen molar-refractivity contribution < 1.29 is 9.84 Å². The number of ether oxygens (including phenoxy) is 1. The van der Waals surface area contributed by atoms with Crippen molar-refractivity contribution in [3.05, 3.63) is 0 Å². The van der Waals surface area contributed by atoms with Crippen LogP contribution in [0.4, 0.5) is 0 Å². The second kappa shape index (κ2) is 2.94. The molecule has 78 valence electrons. The average molecular weight is 187 g/mol. The predicted octanol–water partition coefficient (Wildman–Crippen LogP) is 1.26. The Hall–Kier alpha value is -0.120. The van der Waals surface area contributed by atoms with Crippen LogP contribution in [0.2, 0.25) is 0 Å². The van der Waals surface area contributed by atoms with Crippen molar-refractivity contribution >= 4 is 0 Å². The lowest BCUT2D eigenvalue weighted by atomic mass is 9.82. The molecule has 0 aromatic carbocycles. The summed E-state index contributed by atoms with van der Waals surface area (Å²) in [6, 6.07) is 0. The predicted molar refractivity (Wildman–Crippen MR) is 52.5 cm³/mol. The highest BCUT2D eigenvalue weighted by Gasteiger charge is 2.46. The lowest BCUT2D eigenvalue weighted by Crippen LogP contribution is -2.59. The third kappa shape index (κ3) is 2.66. The maximum atomic E-state index is 10.2. The third-order valence-electron chi connectivity index (χ3n) is 2.45. The molecule has 1 saturated heterocycles. The molecule has 0 unspecified atom stereocenters. The number of hydrogen-bond acceptors (Lipinski definition) is 3. The Morgan fingerprint density at radius 1 is 1.08 bits per heavy atom. The fourth-order valence-electron chi connectivity index (χ4n) is 2.47. The Balaban J connectivity index is 2.84. The van der Waals surface area contributed by atoms with Gasteiger partial charge in [-0.15, -0.1) is 0 Å². The summed E-state index contributed by atoms with van der Waals surface area (Å²) in [5, 5.41) is 13.1. The number of nitrogens with one attached hydrogen (secondary N) is 1. The van der Waals surface area contributed by atoms with Crippen molar-refractivity contribution in [2.24, 2.45) is 0 Å². The lowest BCUT2D eigenvalue weighted by molar-refractivity contribution is -0.226. The minimum absolute atomic E-state index is 0.264. The van der Waals surface area contributed by atoms with E-state index in [4.69, 9.17) is 4.74 Å². The molecule has 0 amide bonds. The zero-order valence-electron chi connectivity index (χ0n) is 9.27. The van der Waals surface area contributed by atoms with E-state index in [9.17, 15) is 5.11 Å². The van der Waals surface area contributed by atoms with Crippen molar-refractivity contribution in [3.8, 4) is 0 Å². The minimum Gasteiger partial charge on any atom is -0.376 e. The first-order chi connectivity index (χ1) is 5.68. The molecular weight excluding hydrogens is 166 g/mol. The van der Waals surface area contributed by atoms with Crippen molar-refractivity contribution in [1.29, 1.82) is 0 Å². The SMILES string of the molecule is CNC1(O)CC(C)(C)OC(C)(C)C1. The van der Waals surface area contributed by atoms with E-state index in [2.05, 4.69) is 5.32 Å². The topological polar surface area (TPSA) is 41.5 Å². The normalized spacial score (nSPS) is 30.0. The van der Waals surface area contributed by atoms with Crippen molar-refractivity contribution in [2.75, 3.05) is 7.05 Å². The zero-order chi connectivity index (χ0) is 10.3. The maximum absolute atomic E-state index is 10.2. The van der Waals surface area contributed by atoms with Crippen LogP contribution in [0.3, 0.4) is 0 Å².